The van der Waals surface area contributed by atoms with Gasteiger partial charge in [0.15, 0.2) is 11.5 Å². The molecule has 2 heterocycles. The number of amides is 1. The molecule has 1 amide bonds. The maximum absolute atomic E-state index is 13.4. The molecule has 0 saturated carbocycles. The number of likely N-dealkylation sites (tertiary alicyclic amines) is 1. The van der Waals surface area contributed by atoms with E-state index in [0.717, 1.165) is 32.1 Å². The Morgan fingerprint density at radius 1 is 0.925 bits per heavy atom. The molecule has 4 rings (SSSR count). The van der Waals surface area contributed by atoms with E-state index >= 15 is 0 Å². The zero-order chi connectivity index (χ0) is 28.5. The van der Waals surface area contributed by atoms with E-state index in [2.05, 4.69) is 13.8 Å². The van der Waals surface area contributed by atoms with Gasteiger partial charge in [0.05, 0.1) is 44.7 Å². The minimum atomic E-state index is -0.867. The number of unbranched alkanes of at least 4 members (excludes halogenated alkanes) is 3. The number of aliphatic hydroxyl groups is 1. The highest BCUT2D eigenvalue weighted by molar-refractivity contribution is 6.46. The highest BCUT2D eigenvalue weighted by Gasteiger charge is 2.46. The van der Waals surface area contributed by atoms with E-state index in [1.165, 1.54) is 11.2 Å². The lowest BCUT2D eigenvalue weighted by molar-refractivity contribution is -0.140. The van der Waals surface area contributed by atoms with Gasteiger partial charge in [0.1, 0.15) is 17.3 Å². The van der Waals surface area contributed by atoms with Gasteiger partial charge in [-0.25, -0.2) is 0 Å². The monoisotopic (exact) mass is 547 g/mol. The first-order valence-corrected chi connectivity index (χ1v) is 13.8. The minimum absolute atomic E-state index is 0.00475. The van der Waals surface area contributed by atoms with Crippen molar-refractivity contribution >= 4 is 17.4 Å². The molecule has 1 aromatic heterocycles. The van der Waals surface area contributed by atoms with E-state index < -0.39 is 17.7 Å². The number of methoxy groups -OCH3 is 1. The second-order valence-electron chi connectivity index (χ2n) is 9.70. The number of aliphatic hydroxyl groups excluding tert-OH is 1. The molecule has 8 nitrogen and oxygen atoms in total. The van der Waals surface area contributed by atoms with Crippen LogP contribution in [0, 0.1) is 0 Å². The van der Waals surface area contributed by atoms with Crippen molar-refractivity contribution < 1.29 is 33.3 Å². The number of hydrogen-bond acceptors (Lipinski definition) is 7. The third kappa shape index (κ3) is 6.50. The van der Waals surface area contributed by atoms with Crippen LogP contribution >= 0.6 is 0 Å². The number of hydrogen-bond donors (Lipinski definition) is 1. The van der Waals surface area contributed by atoms with Gasteiger partial charge in [-0.05, 0) is 66.9 Å². The Balaban J connectivity index is 1.72. The molecule has 0 aliphatic carbocycles. The number of furan rings is 1. The summed E-state index contributed by atoms with van der Waals surface area (Å²) in [5, 5.41) is 11.4. The Bertz CT molecular complexity index is 1310. The normalized spacial score (nSPS) is 16.4. The molecule has 2 aromatic carbocycles. The molecule has 1 atom stereocenters. The Morgan fingerprint density at radius 2 is 1.68 bits per heavy atom. The maximum Gasteiger partial charge on any atom is 0.296 e. The van der Waals surface area contributed by atoms with Crippen LogP contribution in [0.25, 0.3) is 5.76 Å². The summed E-state index contributed by atoms with van der Waals surface area (Å²) in [4.78, 5) is 28.1. The SMILES string of the molecule is CCCCCOc1ccc([C@@H]2C(=C(O)c3ccc(OCCCC)cc3)C(=O)C(=O)N2Cc2ccco2)cc1OC. The van der Waals surface area contributed by atoms with Gasteiger partial charge >= 0.3 is 0 Å². The van der Waals surface area contributed by atoms with Gasteiger partial charge < -0.3 is 28.6 Å². The Kier molecular flexibility index (Phi) is 9.89. The fourth-order valence-corrected chi connectivity index (χ4v) is 4.67. The van der Waals surface area contributed by atoms with Crippen LogP contribution in [0.1, 0.15) is 68.9 Å². The lowest BCUT2D eigenvalue weighted by Crippen LogP contribution is -2.29. The smallest absolute Gasteiger partial charge is 0.296 e. The summed E-state index contributed by atoms with van der Waals surface area (Å²) in [5.41, 5.74) is 1.01. The first-order valence-electron chi connectivity index (χ1n) is 13.8. The maximum atomic E-state index is 13.4. The van der Waals surface area contributed by atoms with E-state index in [9.17, 15) is 14.7 Å². The quantitative estimate of drug-likeness (QED) is 0.104. The van der Waals surface area contributed by atoms with Crippen molar-refractivity contribution in [2.24, 2.45) is 0 Å². The van der Waals surface area contributed by atoms with Gasteiger partial charge in [-0.2, -0.15) is 0 Å². The number of nitrogens with zero attached hydrogens (tertiary/aromatic N) is 1. The number of benzene rings is 2. The lowest BCUT2D eigenvalue weighted by Gasteiger charge is -2.25. The summed E-state index contributed by atoms with van der Waals surface area (Å²) in [6, 6.07) is 14.8. The largest absolute Gasteiger partial charge is 0.507 e. The van der Waals surface area contributed by atoms with Gasteiger partial charge in [0.2, 0.25) is 0 Å². The molecular weight excluding hydrogens is 510 g/mol. The number of ether oxygens (including phenoxy) is 3. The van der Waals surface area contributed by atoms with Crippen LogP contribution in [0.15, 0.2) is 70.9 Å². The Labute approximate surface area is 235 Å². The number of ketones is 1. The first-order chi connectivity index (χ1) is 19.5. The van der Waals surface area contributed by atoms with Crippen molar-refractivity contribution in [1.82, 2.24) is 4.90 Å². The van der Waals surface area contributed by atoms with E-state index in [1.54, 1.807) is 61.7 Å². The van der Waals surface area contributed by atoms with Crippen molar-refractivity contribution in [2.75, 3.05) is 20.3 Å². The summed E-state index contributed by atoms with van der Waals surface area (Å²) < 4.78 is 22.7. The second-order valence-corrected chi connectivity index (χ2v) is 9.70. The Morgan fingerprint density at radius 3 is 2.35 bits per heavy atom. The molecule has 0 spiro atoms. The van der Waals surface area contributed by atoms with Crippen LogP contribution < -0.4 is 14.2 Å². The molecule has 1 aliphatic heterocycles. The van der Waals surface area contributed by atoms with Crippen molar-refractivity contribution in [3.8, 4) is 17.2 Å². The third-order valence-corrected chi connectivity index (χ3v) is 6.85. The van der Waals surface area contributed by atoms with E-state index in [-0.39, 0.29) is 17.9 Å². The molecule has 0 unspecified atom stereocenters. The molecule has 8 heteroatoms. The summed E-state index contributed by atoms with van der Waals surface area (Å²) in [7, 11) is 1.54. The number of rotatable bonds is 14. The molecule has 0 radical (unpaired) electrons. The molecule has 3 aromatic rings. The second kappa shape index (κ2) is 13.7. The van der Waals surface area contributed by atoms with Gasteiger partial charge in [0, 0.05) is 5.56 Å². The van der Waals surface area contributed by atoms with Gasteiger partial charge in [-0.1, -0.05) is 39.2 Å². The van der Waals surface area contributed by atoms with Crippen molar-refractivity contribution in [2.45, 2.75) is 58.5 Å². The molecule has 0 bridgehead atoms. The van der Waals surface area contributed by atoms with Gasteiger partial charge in [0.25, 0.3) is 11.7 Å². The first kappa shape index (κ1) is 28.8. The van der Waals surface area contributed by atoms with Crippen LogP contribution in [0.2, 0.25) is 0 Å². The molecule has 1 N–H and O–H groups in total. The van der Waals surface area contributed by atoms with Crippen LogP contribution in [-0.2, 0) is 16.1 Å². The lowest BCUT2D eigenvalue weighted by atomic mass is 9.95. The zero-order valence-corrected chi connectivity index (χ0v) is 23.4. The highest BCUT2D eigenvalue weighted by Crippen LogP contribution is 2.43. The van der Waals surface area contributed by atoms with Crippen LogP contribution in [0.3, 0.4) is 0 Å². The van der Waals surface area contributed by atoms with Crippen molar-refractivity contribution in [3.05, 3.63) is 83.3 Å². The van der Waals surface area contributed by atoms with Crippen molar-refractivity contribution in [3.63, 3.8) is 0 Å². The number of Topliss-reactive ketones (excluding diaryl/α,β-unsaturated/α-hetero) is 1. The fraction of sp³-hybridized carbons (Fsp3) is 0.375. The molecular formula is C32H37NO7. The van der Waals surface area contributed by atoms with E-state index in [1.807, 2.05) is 0 Å². The topological polar surface area (TPSA) is 98.4 Å². The highest BCUT2D eigenvalue weighted by atomic mass is 16.5. The average molecular weight is 548 g/mol. The van der Waals surface area contributed by atoms with E-state index in [4.69, 9.17) is 18.6 Å². The van der Waals surface area contributed by atoms with Crippen LogP contribution in [0.5, 0.6) is 17.2 Å². The summed E-state index contributed by atoms with van der Waals surface area (Å²) >= 11 is 0. The summed E-state index contributed by atoms with van der Waals surface area (Å²) in [5.74, 6) is 0.486. The molecule has 1 saturated heterocycles. The predicted molar refractivity (Wildman–Crippen MR) is 151 cm³/mol. The Hall–Kier alpha value is -4.20. The summed E-state index contributed by atoms with van der Waals surface area (Å²) in [6.45, 7) is 5.43. The standard InChI is InChI=1S/C32H37NO7/c1-4-6-8-18-40-26-16-13-23(20-27(26)37-3)29-28(31(35)32(36)33(29)21-25-10-9-19-39-25)30(34)22-11-14-24(15-12-22)38-17-7-5-2/h9-16,19-20,29,34H,4-8,17-18,21H2,1-3H3/t29-/m1/s1. The van der Waals surface area contributed by atoms with Crippen LogP contribution in [0.4, 0.5) is 0 Å². The van der Waals surface area contributed by atoms with Crippen LogP contribution in [-0.4, -0.2) is 42.0 Å². The van der Waals surface area contributed by atoms with E-state index in [0.29, 0.717) is 47.3 Å². The molecule has 212 valence electrons. The number of carbonyl (C=O) groups is 2. The summed E-state index contributed by atoms with van der Waals surface area (Å²) in [6.07, 6.45) is 6.54. The molecule has 1 fully saturated rings. The third-order valence-electron chi connectivity index (χ3n) is 6.85. The molecule has 40 heavy (non-hydrogen) atoms. The molecule has 1 aliphatic rings. The minimum Gasteiger partial charge on any atom is -0.507 e. The van der Waals surface area contributed by atoms with Crippen molar-refractivity contribution in [1.29, 1.82) is 0 Å². The zero-order valence-electron chi connectivity index (χ0n) is 23.4. The average Bonchev–Trinajstić information content (AvgIpc) is 3.58. The fourth-order valence-electron chi connectivity index (χ4n) is 4.67. The predicted octanol–water partition coefficient (Wildman–Crippen LogP) is 6.66. The number of carbonyl (C=O) groups excluding carboxylic acids is 2. The van der Waals surface area contributed by atoms with Gasteiger partial charge in [-0.3, -0.25) is 9.59 Å². The van der Waals surface area contributed by atoms with Gasteiger partial charge in [-0.15, -0.1) is 0 Å².